The topological polar surface area (TPSA) is 29.9 Å². The molecule has 1 heterocycles. The van der Waals surface area contributed by atoms with Crippen LogP contribution in [-0.2, 0) is 13.0 Å². The summed E-state index contributed by atoms with van der Waals surface area (Å²) in [5.41, 5.74) is 5.41. The molecule has 0 radical (unpaired) electrons. The summed E-state index contributed by atoms with van der Waals surface area (Å²) in [5, 5.41) is 8.25. The second kappa shape index (κ2) is 6.44. The first-order valence-electron chi connectivity index (χ1n) is 8.06. The third kappa shape index (κ3) is 3.35. The van der Waals surface area contributed by atoms with Gasteiger partial charge in [0.15, 0.2) is 0 Å². The maximum Gasteiger partial charge on any atom is 0.0596 e. The fourth-order valence-corrected chi connectivity index (χ4v) is 3.37. The number of nitrogens with zero attached hydrogens (tertiary/aromatic N) is 2. The van der Waals surface area contributed by atoms with Gasteiger partial charge in [-0.2, -0.15) is 5.10 Å². The molecule has 112 valence electrons. The Morgan fingerprint density at radius 2 is 2.14 bits per heavy atom. The molecule has 1 N–H and O–H groups in total. The van der Waals surface area contributed by atoms with Gasteiger partial charge in [0.2, 0.25) is 0 Å². The minimum absolute atomic E-state index is 0.537. The van der Waals surface area contributed by atoms with E-state index in [1.807, 2.05) is 0 Å². The number of benzene rings is 1. The maximum atomic E-state index is 4.52. The molecule has 1 aliphatic carbocycles. The van der Waals surface area contributed by atoms with Crippen LogP contribution >= 0.6 is 0 Å². The molecule has 1 aromatic carbocycles. The number of aromatic nitrogens is 2. The van der Waals surface area contributed by atoms with Crippen molar-refractivity contribution in [3.05, 3.63) is 52.8 Å². The van der Waals surface area contributed by atoms with Crippen LogP contribution in [0.4, 0.5) is 0 Å². The molecule has 0 bridgehead atoms. The largest absolute Gasteiger partial charge is 0.310 e. The highest BCUT2D eigenvalue weighted by molar-refractivity contribution is 5.32. The van der Waals surface area contributed by atoms with E-state index in [2.05, 4.69) is 59.3 Å². The summed E-state index contributed by atoms with van der Waals surface area (Å²) in [7, 11) is 0. The van der Waals surface area contributed by atoms with Gasteiger partial charge in [-0.25, -0.2) is 0 Å². The summed E-state index contributed by atoms with van der Waals surface area (Å²) < 4.78 is 2.12. The number of rotatable bonds is 5. The van der Waals surface area contributed by atoms with Crippen molar-refractivity contribution in [3.8, 4) is 0 Å². The SMILES string of the molecule is Cc1cc(C)n(CCCNC2CCCc3ccccc32)n1. The van der Waals surface area contributed by atoms with Gasteiger partial charge < -0.3 is 5.32 Å². The van der Waals surface area contributed by atoms with Crippen LogP contribution in [0.2, 0.25) is 0 Å². The van der Waals surface area contributed by atoms with Crippen molar-refractivity contribution in [3.63, 3.8) is 0 Å². The van der Waals surface area contributed by atoms with E-state index in [1.54, 1.807) is 0 Å². The predicted octanol–water partition coefficient (Wildman–Crippen LogP) is 3.56. The Hall–Kier alpha value is -1.61. The molecule has 0 fully saturated rings. The second-order valence-electron chi connectivity index (χ2n) is 6.10. The van der Waals surface area contributed by atoms with Gasteiger partial charge >= 0.3 is 0 Å². The lowest BCUT2D eigenvalue weighted by Gasteiger charge is -2.26. The van der Waals surface area contributed by atoms with Crippen molar-refractivity contribution in [1.29, 1.82) is 0 Å². The van der Waals surface area contributed by atoms with E-state index >= 15 is 0 Å². The van der Waals surface area contributed by atoms with Crippen LogP contribution in [0, 0.1) is 13.8 Å². The molecule has 0 aliphatic heterocycles. The number of hydrogen-bond donors (Lipinski definition) is 1. The zero-order valence-electron chi connectivity index (χ0n) is 13.1. The Balaban J connectivity index is 1.51. The van der Waals surface area contributed by atoms with Crippen LogP contribution in [0.5, 0.6) is 0 Å². The molecule has 0 amide bonds. The van der Waals surface area contributed by atoms with Crippen LogP contribution in [-0.4, -0.2) is 16.3 Å². The number of fused-ring (bicyclic) bond motifs is 1. The van der Waals surface area contributed by atoms with E-state index in [-0.39, 0.29) is 0 Å². The molecule has 0 saturated heterocycles. The van der Waals surface area contributed by atoms with E-state index in [0.717, 1.165) is 25.2 Å². The molecule has 1 atom stereocenters. The van der Waals surface area contributed by atoms with E-state index in [0.29, 0.717) is 6.04 Å². The zero-order valence-corrected chi connectivity index (χ0v) is 13.1. The van der Waals surface area contributed by atoms with E-state index in [1.165, 1.54) is 36.1 Å². The Morgan fingerprint density at radius 3 is 2.95 bits per heavy atom. The third-order valence-electron chi connectivity index (χ3n) is 4.41. The predicted molar refractivity (Wildman–Crippen MR) is 86.4 cm³/mol. The lowest BCUT2D eigenvalue weighted by atomic mass is 9.88. The molecule has 0 spiro atoms. The summed E-state index contributed by atoms with van der Waals surface area (Å²) in [4.78, 5) is 0. The summed E-state index contributed by atoms with van der Waals surface area (Å²) >= 11 is 0. The van der Waals surface area contributed by atoms with E-state index in [4.69, 9.17) is 0 Å². The monoisotopic (exact) mass is 283 g/mol. The summed E-state index contributed by atoms with van der Waals surface area (Å²) in [6, 6.07) is 11.6. The minimum atomic E-state index is 0.537. The molecule has 3 rings (SSSR count). The van der Waals surface area contributed by atoms with Crippen LogP contribution in [0.15, 0.2) is 30.3 Å². The van der Waals surface area contributed by atoms with E-state index < -0.39 is 0 Å². The maximum absolute atomic E-state index is 4.52. The molecule has 1 aromatic heterocycles. The van der Waals surface area contributed by atoms with Gasteiger partial charge in [0.25, 0.3) is 0 Å². The van der Waals surface area contributed by atoms with Crippen LogP contribution in [0.3, 0.4) is 0 Å². The molecule has 21 heavy (non-hydrogen) atoms. The highest BCUT2D eigenvalue weighted by Crippen LogP contribution is 2.29. The van der Waals surface area contributed by atoms with Crippen molar-refractivity contribution in [2.45, 2.75) is 52.1 Å². The van der Waals surface area contributed by atoms with E-state index in [9.17, 15) is 0 Å². The van der Waals surface area contributed by atoms with Crippen molar-refractivity contribution >= 4 is 0 Å². The van der Waals surface area contributed by atoms with Crippen LogP contribution < -0.4 is 5.32 Å². The fourth-order valence-electron chi connectivity index (χ4n) is 3.37. The first kappa shape index (κ1) is 14.3. The quantitative estimate of drug-likeness (QED) is 0.850. The Kier molecular flexibility index (Phi) is 4.39. The van der Waals surface area contributed by atoms with Gasteiger partial charge in [-0.1, -0.05) is 24.3 Å². The van der Waals surface area contributed by atoms with Gasteiger partial charge in [-0.15, -0.1) is 0 Å². The standard InChI is InChI=1S/C18H25N3/c1-14-13-15(2)21(20-14)12-6-11-19-18-10-5-8-16-7-3-4-9-17(16)18/h3-4,7,9,13,18-19H,5-6,8,10-12H2,1-2H3. The van der Waals surface area contributed by atoms with Gasteiger partial charge in [-0.3, -0.25) is 4.68 Å². The first-order valence-corrected chi connectivity index (χ1v) is 8.06. The van der Waals surface area contributed by atoms with Crippen LogP contribution in [0.25, 0.3) is 0 Å². The van der Waals surface area contributed by atoms with Crippen molar-refractivity contribution in [2.24, 2.45) is 0 Å². The Labute approximate surface area is 127 Å². The Morgan fingerprint density at radius 1 is 1.29 bits per heavy atom. The molecule has 2 aromatic rings. The minimum Gasteiger partial charge on any atom is -0.310 e. The molecule has 1 aliphatic rings. The van der Waals surface area contributed by atoms with Crippen molar-refractivity contribution in [1.82, 2.24) is 15.1 Å². The zero-order chi connectivity index (χ0) is 14.7. The second-order valence-corrected chi connectivity index (χ2v) is 6.10. The molecular formula is C18H25N3. The fraction of sp³-hybridized carbons (Fsp3) is 0.500. The molecule has 1 unspecified atom stereocenters. The lowest BCUT2D eigenvalue weighted by Crippen LogP contribution is -2.26. The van der Waals surface area contributed by atoms with Crippen LogP contribution in [0.1, 0.15) is 47.8 Å². The van der Waals surface area contributed by atoms with Gasteiger partial charge in [0.05, 0.1) is 5.69 Å². The normalized spacial score (nSPS) is 17.7. The average Bonchev–Trinajstić information content (AvgIpc) is 2.82. The number of nitrogens with one attached hydrogen (secondary N) is 1. The third-order valence-corrected chi connectivity index (χ3v) is 4.41. The summed E-state index contributed by atoms with van der Waals surface area (Å²) in [5.74, 6) is 0. The van der Waals surface area contributed by atoms with Crippen molar-refractivity contribution < 1.29 is 0 Å². The highest BCUT2D eigenvalue weighted by Gasteiger charge is 2.18. The highest BCUT2D eigenvalue weighted by atomic mass is 15.3. The molecule has 3 nitrogen and oxygen atoms in total. The summed E-state index contributed by atoms with van der Waals surface area (Å²) in [6.07, 6.45) is 4.92. The van der Waals surface area contributed by atoms with Crippen molar-refractivity contribution in [2.75, 3.05) is 6.54 Å². The molecular weight excluding hydrogens is 258 g/mol. The van der Waals surface area contributed by atoms with Gasteiger partial charge in [-0.05, 0) is 63.3 Å². The molecule has 0 saturated carbocycles. The lowest BCUT2D eigenvalue weighted by molar-refractivity contribution is 0.439. The number of hydrogen-bond acceptors (Lipinski definition) is 2. The Bertz CT molecular complexity index is 600. The first-order chi connectivity index (χ1) is 10.2. The van der Waals surface area contributed by atoms with Gasteiger partial charge in [0, 0.05) is 18.3 Å². The number of aryl methyl sites for hydroxylation is 4. The molecule has 3 heteroatoms. The smallest absolute Gasteiger partial charge is 0.0596 e. The summed E-state index contributed by atoms with van der Waals surface area (Å²) in [6.45, 7) is 6.24. The van der Waals surface area contributed by atoms with Gasteiger partial charge in [0.1, 0.15) is 0 Å². The average molecular weight is 283 g/mol.